The van der Waals surface area contributed by atoms with Crippen molar-refractivity contribution in [2.45, 2.75) is 44.6 Å². The molecule has 0 saturated carbocycles. The fourth-order valence-corrected chi connectivity index (χ4v) is 4.82. The zero-order valence-corrected chi connectivity index (χ0v) is 21.6. The number of carbonyl (C=O) groups is 3. The fourth-order valence-electron chi connectivity index (χ4n) is 4.03. The number of hydrogen-bond acceptors (Lipinski definition) is 5. The second-order valence-electron chi connectivity index (χ2n) is 8.92. The summed E-state index contributed by atoms with van der Waals surface area (Å²) >= 11 is 15.9. The lowest BCUT2D eigenvalue weighted by Gasteiger charge is -2.35. The number of alkyl carbamates (subject to hydrolysis) is 1. The molecule has 0 saturated heterocycles. The van der Waals surface area contributed by atoms with Crippen molar-refractivity contribution in [1.29, 1.82) is 0 Å². The Hall–Kier alpha value is -2.55. The van der Waals surface area contributed by atoms with Crippen molar-refractivity contribution in [3.05, 3.63) is 74.2 Å². The lowest BCUT2D eigenvalue weighted by Crippen LogP contribution is -2.60. The molecule has 0 spiro atoms. The molecule has 2 atom stereocenters. The molecule has 0 unspecified atom stereocenters. The summed E-state index contributed by atoms with van der Waals surface area (Å²) in [4.78, 5) is 41.0. The molecule has 4 rings (SSSR count). The zero-order chi connectivity index (χ0) is 24.8. The smallest absolute Gasteiger partial charge is 0.408 e. The first-order valence-corrected chi connectivity index (χ1v) is 11.9. The molecule has 10 heteroatoms. The average Bonchev–Trinajstić information content (AvgIpc) is 3.14. The third kappa shape index (κ3) is 4.30. The maximum Gasteiger partial charge on any atom is 0.408 e. The molecule has 34 heavy (non-hydrogen) atoms. The van der Waals surface area contributed by atoms with E-state index in [4.69, 9.17) is 32.7 Å². The minimum atomic E-state index is -1.90. The maximum absolute atomic E-state index is 14.2. The van der Waals surface area contributed by atoms with E-state index < -0.39 is 35.2 Å². The van der Waals surface area contributed by atoms with Crippen LogP contribution in [0.5, 0.6) is 0 Å². The molecular formula is C24H21BrCl2N2O5. The topological polar surface area (TPSA) is 84.9 Å². The van der Waals surface area contributed by atoms with Crippen molar-refractivity contribution in [3.63, 3.8) is 0 Å². The molecule has 0 bridgehead atoms. The largest absolute Gasteiger partial charge is 0.449 e. The highest BCUT2D eigenvalue weighted by Crippen LogP contribution is 2.49. The first kappa shape index (κ1) is 24.6. The van der Waals surface area contributed by atoms with Crippen LogP contribution in [0, 0.1) is 0 Å². The lowest BCUT2D eigenvalue weighted by atomic mass is 9.85. The van der Waals surface area contributed by atoms with Gasteiger partial charge in [0.2, 0.25) is 0 Å². The van der Waals surface area contributed by atoms with Crippen LogP contribution in [0.15, 0.2) is 63.1 Å². The van der Waals surface area contributed by atoms with Crippen molar-refractivity contribution in [2.24, 2.45) is 0 Å². The number of rotatable bonds is 4. The van der Waals surface area contributed by atoms with Gasteiger partial charge in [0.15, 0.2) is 11.6 Å². The molecule has 0 fully saturated rings. The number of benzene rings is 2. The highest BCUT2D eigenvalue weighted by Gasteiger charge is 2.62. The molecule has 2 heterocycles. The van der Waals surface area contributed by atoms with Gasteiger partial charge in [-0.3, -0.25) is 10.1 Å². The van der Waals surface area contributed by atoms with Crippen LogP contribution in [-0.4, -0.2) is 29.7 Å². The van der Waals surface area contributed by atoms with E-state index in [1.807, 2.05) is 30.3 Å². The summed E-state index contributed by atoms with van der Waals surface area (Å²) in [5, 5.41) is 2.16. The third-order valence-electron chi connectivity index (χ3n) is 5.38. The van der Waals surface area contributed by atoms with E-state index in [2.05, 4.69) is 21.2 Å². The standard InChI is InChI=1S/C24H21BrCl2N2O5/c1-23(2,3)34-22(32)28-24(19-17(26)18(27)20(30)33-19)15-11-14(25)9-10-16(15)29(21(24)31)12-13-7-5-4-6-8-13/h4-11,19H,12H2,1-3H3,(H,28,32)/t19-,24+/m0/s1. The number of anilines is 1. The van der Waals surface area contributed by atoms with Crippen molar-refractivity contribution in [1.82, 2.24) is 5.32 Å². The predicted octanol–water partition coefficient (Wildman–Crippen LogP) is 5.33. The van der Waals surface area contributed by atoms with Crippen molar-refractivity contribution >= 4 is 62.8 Å². The van der Waals surface area contributed by atoms with Gasteiger partial charge in [-0.1, -0.05) is 69.5 Å². The normalized spacial score (nSPS) is 22.1. The molecule has 0 aromatic heterocycles. The highest BCUT2D eigenvalue weighted by atomic mass is 79.9. The van der Waals surface area contributed by atoms with Gasteiger partial charge >= 0.3 is 12.1 Å². The average molecular weight is 568 g/mol. The minimum absolute atomic E-state index is 0.177. The van der Waals surface area contributed by atoms with Crippen LogP contribution in [-0.2, 0) is 31.1 Å². The number of esters is 1. The zero-order valence-electron chi connectivity index (χ0n) is 18.5. The summed E-state index contributed by atoms with van der Waals surface area (Å²) in [5.74, 6) is -1.43. The number of nitrogens with zero attached hydrogens (tertiary/aromatic N) is 1. The lowest BCUT2D eigenvalue weighted by molar-refractivity contribution is -0.145. The number of halogens is 3. The van der Waals surface area contributed by atoms with Gasteiger partial charge in [0.05, 0.1) is 17.3 Å². The Labute approximate surface area is 215 Å². The Morgan fingerprint density at radius 3 is 2.44 bits per heavy atom. The molecule has 1 N–H and O–H groups in total. The van der Waals surface area contributed by atoms with E-state index in [0.29, 0.717) is 15.7 Å². The number of fused-ring (bicyclic) bond motifs is 1. The molecule has 2 aliphatic rings. The monoisotopic (exact) mass is 566 g/mol. The van der Waals surface area contributed by atoms with Crippen LogP contribution < -0.4 is 10.2 Å². The minimum Gasteiger partial charge on any atom is -0.449 e. The number of ether oxygens (including phenoxy) is 2. The van der Waals surface area contributed by atoms with Crippen LogP contribution in [0.2, 0.25) is 0 Å². The van der Waals surface area contributed by atoms with Gasteiger partial charge in [-0.05, 0) is 44.5 Å². The van der Waals surface area contributed by atoms with Gasteiger partial charge < -0.3 is 14.4 Å². The van der Waals surface area contributed by atoms with Crippen LogP contribution in [0.3, 0.4) is 0 Å². The number of amides is 2. The van der Waals surface area contributed by atoms with Crippen LogP contribution in [0.1, 0.15) is 31.9 Å². The van der Waals surface area contributed by atoms with Gasteiger partial charge in [-0.15, -0.1) is 0 Å². The first-order valence-electron chi connectivity index (χ1n) is 10.4. The molecule has 178 valence electrons. The van der Waals surface area contributed by atoms with Crippen molar-refractivity contribution < 1.29 is 23.9 Å². The number of carbonyl (C=O) groups excluding carboxylic acids is 3. The Balaban J connectivity index is 1.89. The van der Waals surface area contributed by atoms with E-state index in [0.717, 1.165) is 5.56 Å². The molecule has 7 nitrogen and oxygen atoms in total. The molecule has 2 aliphatic heterocycles. The third-order valence-corrected chi connectivity index (χ3v) is 6.71. The summed E-state index contributed by atoms with van der Waals surface area (Å²) in [6.45, 7) is 5.30. The Kier molecular flexibility index (Phi) is 6.44. The van der Waals surface area contributed by atoms with Crippen LogP contribution >= 0.6 is 39.1 Å². The maximum atomic E-state index is 14.2. The van der Waals surface area contributed by atoms with E-state index in [1.165, 1.54) is 4.90 Å². The van der Waals surface area contributed by atoms with E-state index in [1.54, 1.807) is 39.0 Å². The highest BCUT2D eigenvalue weighted by molar-refractivity contribution is 9.10. The summed E-state index contributed by atoms with van der Waals surface area (Å²) < 4.78 is 11.6. The van der Waals surface area contributed by atoms with E-state index in [-0.39, 0.29) is 16.6 Å². The van der Waals surface area contributed by atoms with E-state index in [9.17, 15) is 14.4 Å². The molecule has 0 aliphatic carbocycles. The molecule has 2 aromatic carbocycles. The summed E-state index contributed by atoms with van der Waals surface area (Å²) in [6, 6.07) is 14.6. The Morgan fingerprint density at radius 1 is 1.18 bits per heavy atom. The van der Waals surface area contributed by atoms with Gasteiger partial charge in [0, 0.05) is 10.0 Å². The van der Waals surface area contributed by atoms with Gasteiger partial charge in [0.25, 0.3) is 5.91 Å². The fraction of sp³-hybridized carbons (Fsp3) is 0.292. The van der Waals surface area contributed by atoms with Gasteiger partial charge in [-0.25, -0.2) is 9.59 Å². The summed E-state index contributed by atoms with van der Waals surface area (Å²) in [5.41, 5.74) is -0.978. The van der Waals surface area contributed by atoms with Crippen LogP contribution in [0.4, 0.5) is 10.5 Å². The number of hydrogen-bond donors (Lipinski definition) is 1. The Morgan fingerprint density at radius 2 is 1.85 bits per heavy atom. The SMILES string of the molecule is CC(C)(C)OC(=O)N[C@]1([C@H]2OC(=O)C(Cl)=C2Cl)C(=O)N(Cc2ccccc2)c2ccc(Br)cc21. The summed E-state index contributed by atoms with van der Waals surface area (Å²) in [7, 11) is 0. The number of cyclic esters (lactones) is 1. The van der Waals surface area contributed by atoms with Gasteiger partial charge in [0.1, 0.15) is 10.6 Å². The second-order valence-corrected chi connectivity index (χ2v) is 10.6. The first-order chi connectivity index (χ1) is 15.9. The molecular weight excluding hydrogens is 547 g/mol. The van der Waals surface area contributed by atoms with E-state index >= 15 is 0 Å². The summed E-state index contributed by atoms with van der Waals surface area (Å²) in [6.07, 6.45) is -2.26. The van der Waals surface area contributed by atoms with Crippen LogP contribution in [0.25, 0.3) is 0 Å². The Bertz CT molecular complexity index is 1210. The van der Waals surface area contributed by atoms with Crippen molar-refractivity contribution in [2.75, 3.05) is 4.90 Å². The molecule has 2 aromatic rings. The number of nitrogens with one attached hydrogen (secondary N) is 1. The second kappa shape index (κ2) is 8.91. The van der Waals surface area contributed by atoms with Gasteiger partial charge in [-0.2, -0.15) is 0 Å². The molecule has 2 amide bonds. The predicted molar refractivity (Wildman–Crippen MR) is 131 cm³/mol. The van der Waals surface area contributed by atoms with Crippen molar-refractivity contribution in [3.8, 4) is 0 Å². The quantitative estimate of drug-likeness (QED) is 0.505. The molecule has 0 radical (unpaired) electrons.